The van der Waals surface area contributed by atoms with Crippen LogP contribution >= 0.6 is 11.8 Å². The molecule has 0 bridgehead atoms. The molecule has 0 aliphatic carbocycles. The second-order valence-electron chi connectivity index (χ2n) is 7.56. The Bertz CT molecular complexity index is 1040. The van der Waals surface area contributed by atoms with E-state index in [9.17, 15) is 4.79 Å². The van der Waals surface area contributed by atoms with Gasteiger partial charge in [-0.25, -0.2) is 0 Å². The number of carbonyl (C=O) groups excluding carboxylic acids is 1. The molecule has 0 radical (unpaired) electrons. The maximum atomic E-state index is 13.3. The Hall–Kier alpha value is -3.00. The molecule has 160 valence electrons. The van der Waals surface area contributed by atoms with Crippen LogP contribution in [0.15, 0.2) is 64.2 Å². The summed E-state index contributed by atoms with van der Waals surface area (Å²) in [6, 6.07) is 17.2. The van der Waals surface area contributed by atoms with Crippen molar-refractivity contribution in [2.75, 3.05) is 19.7 Å². The zero-order valence-corrected chi connectivity index (χ0v) is 17.8. The SMILES string of the molecule is O=C([C@@H](Sc1nnc([C@H]2COc3ccccc3O2)o1)c1ccccc1)N1CCCCC1. The molecule has 0 unspecified atom stereocenters. The van der Waals surface area contributed by atoms with Gasteiger partial charge >= 0.3 is 0 Å². The van der Waals surface area contributed by atoms with Crippen molar-refractivity contribution in [2.24, 2.45) is 0 Å². The van der Waals surface area contributed by atoms with Gasteiger partial charge in [0.15, 0.2) is 11.5 Å². The molecule has 0 N–H and O–H groups in total. The first-order valence-electron chi connectivity index (χ1n) is 10.5. The van der Waals surface area contributed by atoms with Crippen LogP contribution in [-0.2, 0) is 4.79 Å². The van der Waals surface area contributed by atoms with Gasteiger partial charge in [-0.05, 0) is 48.7 Å². The lowest BCUT2D eigenvalue weighted by atomic mass is 10.1. The van der Waals surface area contributed by atoms with Gasteiger partial charge < -0.3 is 18.8 Å². The second-order valence-corrected chi connectivity index (χ2v) is 8.62. The first kappa shape index (κ1) is 19.9. The molecule has 2 aromatic carbocycles. The molecule has 2 atom stereocenters. The quantitative estimate of drug-likeness (QED) is 0.547. The van der Waals surface area contributed by atoms with Crippen molar-refractivity contribution in [1.29, 1.82) is 0 Å². The van der Waals surface area contributed by atoms with E-state index in [0.717, 1.165) is 31.5 Å². The lowest BCUT2D eigenvalue weighted by Crippen LogP contribution is -2.38. The van der Waals surface area contributed by atoms with E-state index in [1.54, 1.807) is 0 Å². The van der Waals surface area contributed by atoms with Crippen LogP contribution in [0.1, 0.15) is 42.1 Å². The molecule has 3 heterocycles. The van der Waals surface area contributed by atoms with Gasteiger partial charge in [-0.1, -0.05) is 42.5 Å². The molecule has 8 heteroatoms. The number of piperidine rings is 1. The third-order valence-electron chi connectivity index (χ3n) is 5.42. The van der Waals surface area contributed by atoms with Gasteiger partial charge in [0.1, 0.15) is 11.9 Å². The monoisotopic (exact) mass is 437 g/mol. The summed E-state index contributed by atoms with van der Waals surface area (Å²) < 4.78 is 17.6. The fourth-order valence-electron chi connectivity index (χ4n) is 3.81. The third-order valence-corrected chi connectivity index (χ3v) is 6.50. The van der Waals surface area contributed by atoms with Crippen LogP contribution in [0, 0.1) is 0 Å². The van der Waals surface area contributed by atoms with Gasteiger partial charge in [0.2, 0.25) is 12.0 Å². The number of carbonyl (C=O) groups is 1. The Morgan fingerprint density at radius 3 is 2.52 bits per heavy atom. The van der Waals surface area contributed by atoms with E-state index >= 15 is 0 Å². The third kappa shape index (κ3) is 4.39. The number of rotatable bonds is 5. The van der Waals surface area contributed by atoms with Crippen molar-refractivity contribution in [3.8, 4) is 11.5 Å². The molecule has 0 spiro atoms. The summed E-state index contributed by atoms with van der Waals surface area (Å²) >= 11 is 1.29. The molecular formula is C23H23N3O4S. The predicted molar refractivity (Wildman–Crippen MR) is 115 cm³/mol. The van der Waals surface area contributed by atoms with Gasteiger partial charge in [0.05, 0.1) is 0 Å². The number of hydrogen-bond donors (Lipinski definition) is 0. The Morgan fingerprint density at radius 2 is 1.71 bits per heavy atom. The molecule has 7 nitrogen and oxygen atoms in total. The highest BCUT2D eigenvalue weighted by atomic mass is 32.2. The van der Waals surface area contributed by atoms with E-state index in [1.807, 2.05) is 59.5 Å². The highest BCUT2D eigenvalue weighted by molar-refractivity contribution is 8.00. The number of aromatic nitrogens is 2. The summed E-state index contributed by atoms with van der Waals surface area (Å²) in [4.78, 5) is 15.3. The van der Waals surface area contributed by atoms with Gasteiger partial charge in [-0.15, -0.1) is 10.2 Å². The number of ether oxygens (including phenoxy) is 2. The van der Waals surface area contributed by atoms with Crippen molar-refractivity contribution in [2.45, 2.75) is 35.8 Å². The Balaban J connectivity index is 1.34. The smallest absolute Gasteiger partial charge is 0.277 e. The Kier molecular flexibility index (Phi) is 5.80. The first-order chi connectivity index (χ1) is 15.3. The van der Waals surface area contributed by atoms with Crippen molar-refractivity contribution < 1.29 is 18.7 Å². The number of nitrogens with zero attached hydrogens (tertiary/aromatic N) is 3. The number of hydrogen-bond acceptors (Lipinski definition) is 7. The molecule has 0 saturated carbocycles. The number of likely N-dealkylation sites (tertiary alicyclic amines) is 1. The molecule has 2 aliphatic heterocycles. The summed E-state index contributed by atoms with van der Waals surface area (Å²) in [7, 11) is 0. The number of thioether (sulfide) groups is 1. The normalized spacial score (nSPS) is 19.1. The average Bonchev–Trinajstić information content (AvgIpc) is 3.32. The summed E-state index contributed by atoms with van der Waals surface area (Å²) in [6.07, 6.45) is 2.78. The van der Waals surface area contributed by atoms with Crippen LogP contribution in [0.5, 0.6) is 11.5 Å². The molecule has 1 amide bonds. The summed E-state index contributed by atoms with van der Waals surface area (Å²) in [6.45, 7) is 1.88. The standard InChI is InChI=1S/C23H23N3O4S/c27-22(26-13-7-2-8-14-26)20(16-9-3-1-4-10-16)31-23-25-24-21(30-23)19-15-28-17-11-5-6-12-18(17)29-19/h1,3-6,9-12,19-20H,2,7-8,13-15H2/t19-,20+/m1/s1. The van der Waals surface area contributed by atoms with Crippen LogP contribution in [0.4, 0.5) is 0 Å². The number of amides is 1. The van der Waals surface area contributed by atoms with Crippen LogP contribution in [-0.4, -0.2) is 40.7 Å². The zero-order valence-electron chi connectivity index (χ0n) is 17.0. The largest absolute Gasteiger partial charge is 0.485 e. The molecule has 1 fully saturated rings. The average molecular weight is 438 g/mol. The van der Waals surface area contributed by atoms with Crippen LogP contribution < -0.4 is 9.47 Å². The van der Waals surface area contributed by atoms with Crippen LogP contribution in [0.25, 0.3) is 0 Å². The highest BCUT2D eigenvalue weighted by Gasteiger charge is 2.32. The van der Waals surface area contributed by atoms with Crippen molar-refractivity contribution in [3.63, 3.8) is 0 Å². The maximum Gasteiger partial charge on any atom is 0.277 e. The second kappa shape index (κ2) is 9.01. The number of fused-ring (bicyclic) bond motifs is 1. The topological polar surface area (TPSA) is 77.7 Å². The van der Waals surface area contributed by atoms with Crippen LogP contribution in [0.2, 0.25) is 0 Å². The van der Waals surface area contributed by atoms with Gasteiger partial charge in [0.25, 0.3) is 11.1 Å². The Morgan fingerprint density at radius 1 is 0.968 bits per heavy atom. The van der Waals surface area contributed by atoms with Gasteiger partial charge in [-0.2, -0.15) is 0 Å². The zero-order chi connectivity index (χ0) is 21.0. The van der Waals surface area contributed by atoms with E-state index in [0.29, 0.717) is 22.6 Å². The summed E-state index contributed by atoms with van der Waals surface area (Å²) in [5.41, 5.74) is 0.925. The van der Waals surface area contributed by atoms with E-state index in [2.05, 4.69) is 10.2 Å². The predicted octanol–water partition coefficient (Wildman–Crippen LogP) is 4.43. The molecule has 31 heavy (non-hydrogen) atoms. The molecule has 2 aliphatic rings. The lowest BCUT2D eigenvalue weighted by Gasteiger charge is -2.30. The van der Waals surface area contributed by atoms with Crippen molar-refractivity contribution in [1.82, 2.24) is 15.1 Å². The van der Waals surface area contributed by atoms with Gasteiger partial charge in [-0.3, -0.25) is 4.79 Å². The Labute approximate surface area is 184 Å². The highest BCUT2D eigenvalue weighted by Crippen LogP contribution is 2.39. The van der Waals surface area contributed by atoms with E-state index < -0.39 is 11.4 Å². The lowest BCUT2D eigenvalue weighted by molar-refractivity contribution is -0.131. The minimum absolute atomic E-state index is 0.0850. The maximum absolute atomic E-state index is 13.3. The minimum atomic E-state index is -0.482. The fourth-order valence-corrected chi connectivity index (χ4v) is 4.78. The van der Waals surface area contributed by atoms with Crippen molar-refractivity contribution >= 4 is 17.7 Å². The first-order valence-corrected chi connectivity index (χ1v) is 11.4. The molecule has 5 rings (SSSR count). The minimum Gasteiger partial charge on any atom is -0.485 e. The van der Waals surface area contributed by atoms with Crippen LogP contribution in [0.3, 0.4) is 0 Å². The number of benzene rings is 2. The molecule has 1 aromatic heterocycles. The van der Waals surface area contributed by atoms with E-state index in [4.69, 9.17) is 13.9 Å². The van der Waals surface area contributed by atoms with E-state index in [1.165, 1.54) is 18.2 Å². The summed E-state index contributed by atoms with van der Waals surface area (Å²) in [5.74, 6) is 1.77. The van der Waals surface area contributed by atoms with Gasteiger partial charge in [0, 0.05) is 13.1 Å². The number of para-hydroxylation sites is 2. The molecular weight excluding hydrogens is 414 g/mol. The summed E-state index contributed by atoms with van der Waals surface area (Å²) in [5, 5.41) is 8.25. The van der Waals surface area contributed by atoms with Crippen molar-refractivity contribution in [3.05, 3.63) is 66.1 Å². The van der Waals surface area contributed by atoms with E-state index in [-0.39, 0.29) is 12.5 Å². The fraction of sp³-hybridized carbons (Fsp3) is 0.348. The molecule has 3 aromatic rings. The molecule has 1 saturated heterocycles.